The molecule has 1 aromatic carbocycles. The van der Waals surface area contributed by atoms with Gasteiger partial charge in [-0.15, -0.1) is 0 Å². The summed E-state index contributed by atoms with van der Waals surface area (Å²) in [4.78, 5) is 22.2. The van der Waals surface area contributed by atoms with Gasteiger partial charge in [-0.25, -0.2) is 4.79 Å². The molecule has 0 heterocycles. The number of esters is 1. The van der Waals surface area contributed by atoms with Crippen molar-refractivity contribution < 1.29 is 75.8 Å². The molecule has 0 atom stereocenters. The van der Waals surface area contributed by atoms with E-state index in [0.717, 1.165) is 12.1 Å². The first-order chi connectivity index (χ1) is 15.5. The van der Waals surface area contributed by atoms with Crippen molar-refractivity contribution in [1.82, 2.24) is 5.32 Å². The molecule has 0 unspecified atom stereocenters. The predicted molar refractivity (Wildman–Crippen MR) is 85.3 cm³/mol. The van der Waals surface area contributed by atoms with E-state index in [0.29, 0.717) is 12.1 Å². The Morgan fingerprint density at radius 1 is 0.686 bits per heavy atom. The van der Waals surface area contributed by atoms with Gasteiger partial charge in [-0.1, -0.05) is 12.1 Å². The van der Waals surface area contributed by atoms with Crippen molar-refractivity contribution in [3.63, 3.8) is 0 Å². The van der Waals surface area contributed by atoms with Crippen LogP contribution in [0.4, 0.5) is 61.5 Å². The Morgan fingerprint density at radius 3 is 1.54 bits per heavy atom. The lowest BCUT2D eigenvalue weighted by molar-refractivity contribution is -0.346. The maximum absolute atomic E-state index is 13.2. The largest absolute Gasteiger partial charge is 0.460 e. The molecule has 4 nitrogen and oxygen atoms in total. The van der Waals surface area contributed by atoms with E-state index in [-0.39, 0.29) is 18.4 Å². The van der Waals surface area contributed by atoms with Crippen LogP contribution in [0.15, 0.2) is 24.3 Å². The maximum Gasteiger partial charge on any atom is 0.460 e. The van der Waals surface area contributed by atoms with Gasteiger partial charge in [-0.05, 0) is 30.5 Å². The van der Waals surface area contributed by atoms with Gasteiger partial charge < -0.3 is 10.1 Å². The summed E-state index contributed by atoms with van der Waals surface area (Å²) in [5.74, 6) is -32.9. The number of carbonyl (C=O) groups excluding carboxylic acids is 2. The van der Waals surface area contributed by atoms with Crippen LogP contribution >= 0.6 is 0 Å². The average molecular weight is 543 g/mol. The first-order valence-corrected chi connectivity index (χ1v) is 8.74. The van der Waals surface area contributed by atoms with Crippen molar-refractivity contribution in [1.29, 1.82) is 0 Å². The van der Waals surface area contributed by atoms with Crippen LogP contribution in [0.25, 0.3) is 0 Å². The van der Waals surface area contributed by atoms with Crippen molar-refractivity contribution in [3.05, 3.63) is 29.8 Å². The molecule has 1 aromatic rings. The first-order valence-electron chi connectivity index (χ1n) is 8.74. The molecule has 200 valence electrons. The second-order valence-electron chi connectivity index (χ2n) is 6.69. The van der Waals surface area contributed by atoms with Gasteiger partial charge in [0, 0.05) is 6.54 Å². The zero-order valence-electron chi connectivity index (χ0n) is 16.4. The van der Waals surface area contributed by atoms with E-state index in [1.807, 2.05) is 0 Å². The highest BCUT2D eigenvalue weighted by atomic mass is 19.4. The van der Waals surface area contributed by atoms with Crippen molar-refractivity contribution in [2.75, 3.05) is 6.54 Å². The van der Waals surface area contributed by atoms with Crippen molar-refractivity contribution >= 4 is 11.9 Å². The van der Waals surface area contributed by atoms with Gasteiger partial charge in [0.05, 0.1) is 0 Å². The lowest BCUT2D eigenvalue weighted by atomic mass is 10.1. The third-order valence-corrected chi connectivity index (χ3v) is 4.10. The molecule has 0 aliphatic rings. The molecule has 1 rings (SSSR count). The Balaban J connectivity index is 2.68. The van der Waals surface area contributed by atoms with Crippen LogP contribution in [-0.2, 0) is 16.0 Å². The average Bonchev–Trinajstić information content (AvgIpc) is 2.70. The Morgan fingerprint density at radius 2 is 1.11 bits per heavy atom. The fourth-order valence-corrected chi connectivity index (χ4v) is 2.13. The Labute approximate surface area is 185 Å². The number of ether oxygens (including phenoxy) is 1. The molecule has 0 bridgehead atoms. The summed E-state index contributed by atoms with van der Waals surface area (Å²) in [6, 6.07) is 3.17. The number of hydrogen-bond acceptors (Lipinski definition) is 3. The highest BCUT2D eigenvalue weighted by Crippen LogP contribution is 2.47. The quantitative estimate of drug-likeness (QED) is 0.199. The maximum atomic E-state index is 13.2. The summed E-state index contributed by atoms with van der Waals surface area (Å²) in [5, 5.41) is 1.17. The van der Waals surface area contributed by atoms with Crippen molar-refractivity contribution in [3.8, 4) is 5.75 Å². The highest BCUT2D eigenvalue weighted by molar-refractivity contribution is 5.84. The second-order valence-corrected chi connectivity index (χ2v) is 6.69. The molecule has 0 saturated carbocycles. The van der Waals surface area contributed by atoms with Crippen LogP contribution < -0.4 is 10.1 Å². The molecule has 35 heavy (non-hydrogen) atoms. The molecule has 1 N–H and O–H groups in total. The molecule has 18 heteroatoms. The minimum Gasteiger partial charge on any atom is -0.422 e. The summed E-state index contributed by atoms with van der Waals surface area (Å²) in [5.41, 5.74) is 0.124. The highest BCUT2D eigenvalue weighted by Gasteiger charge is 2.77. The predicted octanol–water partition coefficient (Wildman–Crippen LogP) is 5.31. The van der Waals surface area contributed by atoms with Crippen molar-refractivity contribution in [2.45, 2.75) is 48.9 Å². The van der Waals surface area contributed by atoms with E-state index in [1.165, 1.54) is 5.32 Å². The number of alkyl halides is 14. The smallest absolute Gasteiger partial charge is 0.422 e. The van der Waals surface area contributed by atoms with E-state index in [2.05, 4.69) is 4.74 Å². The monoisotopic (exact) mass is 543 g/mol. The molecule has 0 fully saturated rings. The van der Waals surface area contributed by atoms with E-state index in [9.17, 15) is 71.1 Å². The summed E-state index contributed by atoms with van der Waals surface area (Å²) in [7, 11) is 0. The topological polar surface area (TPSA) is 55.4 Å². The summed E-state index contributed by atoms with van der Waals surface area (Å²) in [6.45, 7) is -0.835. The standard InChI is InChI=1S/C17H11F14NO3/c18-12(19,14(22,23)16(26,27)28)10(33)32-7-1-2-8-3-5-9(6-4-8)35-11(34)13(20,21)15(24,25)17(29,30)31/h3-6H,1-2,7H2,(H,32,33). The number of halogens is 14. The first kappa shape index (κ1) is 30.2. The minimum absolute atomic E-state index is 0.124. The Hall–Kier alpha value is -2.82. The molecule has 0 aliphatic carbocycles. The number of aryl methyl sites for hydroxylation is 1. The van der Waals surface area contributed by atoms with Crippen molar-refractivity contribution in [2.24, 2.45) is 0 Å². The zero-order chi connectivity index (χ0) is 27.7. The number of carbonyl (C=O) groups is 2. The Kier molecular flexibility index (Phi) is 8.35. The number of hydrogen-bond donors (Lipinski definition) is 1. The van der Waals surface area contributed by atoms with Crippen LogP contribution in [0.2, 0.25) is 0 Å². The van der Waals surface area contributed by atoms with E-state index in [1.54, 1.807) is 0 Å². The van der Waals surface area contributed by atoms with Gasteiger partial charge in [0.15, 0.2) is 0 Å². The minimum atomic E-state index is -6.78. The van der Waals surface area contributed by atoms with Gasteiger partial charge >= 0.3 is 42.0 Å². The number of benzene rings is 1. The zero-order valence-corrected chi connectivity index (χ0v) is 16.4. The summed E-state index contributed by atoms with van der Waals surface area (Å²) >= 11 is 0. The van der Waals surface area contributed by atoms with Crippen LogP contribution in [0, 0.1) is 0 Å². The SMILES string of the molecule is O=C(NCCCc1ccc(OC(=O)C(F)(F)C(F)(F)C(F)(F)F)cc1)C(F)(F)C(F)(F)C(F)(F)F. The molecular formula is C17H11F14NO3. The van der Waals surface area contributed by atoms with Crippen LogP contribution in [-0.4, -0.2) is 54.5 Å². The van der Waals surface area contributed by atoms with Crippen LogP contribution in [0.5, 0.6) is 5.75 Å². The van der Waals surface area contributed by atoms with E-state index in [4.69, 9.17) is 0 Å². The normalized spacial score (nSPS) is 14.0. The van der Waals surface area contributed by atoms with E-state index >= 15 is 0 Å². The third-order valence-electron chi connectivity index (χ3n) is 4.10. The molecule has 0 aliphatic heterocycles. The lowest BCUT2D eigenvalue weighted by Gasteiger charge is -2.27. The fourth-order valence-electron chi connectivity index (χ4n) is 2.13. The number of rotatable bonds is 9. The lowest BCUT2D eigenvalue weighted by Crippen LogP contribution is -2.59. The molecule has 0 saturated heterocycles. The molecule has 0 radical (unpaired) electrons. The number of nitrogens with one attached hydrogen (secondary N) is 1. The Bertz CT molecular complexity index is 906. The second kappa shape index (κ2) is 9.67. The fraction of sp³-hybridized carbons (Fsp3) is 0.529. The van der Waals surface area contributed by atoms with E-state index < -0.39 is 60.2 Å². The third kappa shape index (κ3) is 6.06. The van der Waals surface area contributed by atoms with Crippen LogP contribution in [0.1, 0.15) is 12.0 Å². The van der Waals surface area contributed by atoms with Gasteiger partial charge in [-0.2, -0.15) is 61.5 Å². The summed E-state index contributed by atoms with van der Waals surface area (Å²) < 4.78 is 180. The molecule has 1 amide bonds. The molecular weight excluding hydrogens is 532 g/mol. The van der Waals surface area contributed by atoms with Gasteiger partial charge in [0.1, 0.15) is 5.75 Å². The molecule has 0 aromatic heterocycles. The van der Waals surface area contributed by atoms with Gasteiger partial charge in [-0.3, -0.25) is 4.79 Å². The van der Waals surface area contributed by atoms with Crippen LogP contribution in [0.3, 0.4) is 0 Å². The number of amides is 1. The van der Waals surface area contributed by atoms with Gasteiger partial charge in [0.2, 0.25) is 0 Å². The van der Waals surface area contributed by atoms with Gasteiger partial charge in [0.25, 0.3) is 5.91 Å². The molecule has 0 spiro atoms. The summed E-state index contributed by atoms with van der Waals surface area (Å²) in [6.07, 6.45) is -14.1.